The van der Waals surface area contributed by atoms with E-state index in [-0.39, 0.29) is 36.1 Å². The standard InChI is InChI=1S/C13H17N3O4.ClH/c1-9-12(14-6-7-20-9)13(17)15-8-10-2-4-11(5-3-10)16(18)19;/h2-5,9,12,14H,6-8H2,1H3,(H,15,17);1H/t9-,12+;/m1./s1. The van der Waals surface area contributed by atoms with Crippen LogP contribution < -0.4 is 10.6 Å². The van der Waals surface area contributed by atoms with Gasteiger partial charge < -0.3 is 15.4 Å². The Kier molecular flexibility index (Phi) is 6.54. The van der Waals surface area contributed by atoms with Crippen LogP contribution in [0.1, 0.15) is 12.5 Å². The first kappa shape index (κ1) is 17.4. The van der Waals surface area contributed by atoms with Crippen LogP contribution in [0.4, 0.5) is 5.69 Å². The smallest absolute Gasteiger partial charge is 0.269 e. The molecule has 21 heavy (non-hydrogen) atoms. The summed E-state index contributed by atoms with van der Waals surface area (Å²) in [5.74, 6) is -0.129. The molecule has 7 nitrogen and oxygen atoms in total. The molecule has 0 saturated carbocycles. The number of non-ortho nitro benzene ring substituents is 1. The number of hydrogen-bond acceptors (Lipinski definition) is 5. The molecule has 1 saturated heterocycles. The fourth-order valence-corrected chi connectivity index (χ4v) is 2.06. The first-order valence-corrected chi connectivity index (χ1v) is 6.44. The Morgan fingerprint density at radius 1 is 1.48 bits per heavy atom. The van der Waals surface area contributed by atoms with E-state index in [1.807, 2.05) is 6.92 Å². The average Bonchev–Trinajstić information content (AvgIpc) is 2.45. The molecule has 0 aromatic heterocycles. The minimum absolute atomic E-state index is 0. The second kappa shape index (κ2) is 7.92. The molecular formula is C13H18ClN3O4. The lowest BCUT2D eigenvalue weighted by atomic mass is 10.1. The number of nitrogens with one attached hydrogen (secondary N) is 2. The summed E-state index contributed by atoms with van der Waals surface area (Å²) < 4.78 is 5.41. The molecule has 2 atom stereocenters. The highest BCUT2D eigenvalue weighted by Crippen LogP contribution is 2.12. The van der Waals surface area contributed by atoms with Gasteiger partial charge in [-0.1, -0.05) is 12.1 Å². The highest BCUT2D eigenvalue weighted by molar-refractivity contribution is 5.85. The number of nitro benzene ring substituents is 1. The summed E-state index contributed by atoms with van der Waals surface area (Å²) in [5.41, 5.74) is 0.851. The zero-order valence-corrected chi connectivity index (χ0v) is 12.4. The fourth-order valence-electron chi connectivity index (χ4n) is 2.06. The van der Waals surface area contributed by atoms with Crippen molar-refractivity contribution < 1.29 is 14.5 Å². The van der Waals surface area contributed by atoms with Gasteiger partial charge in [-0.15, -0.1) is 12.4 Å². The molecule has 1 fully saturated rings. The Hall–Kier alpha value is -1.70. The number of rotatable bonds is 4. The van der Waals surface area contributed by atoms with Gasteiger partial charge in [0.05, 0.1) is 17.6 Å². The highest BCUT2D eigenvalue weighted by Gasteiger charge is 2.27. The van der Waals surface area contributed by atoms with Crippen LogP contribution in [0.2, 0.25) is 0 Å². The van der Waals surface area contributed by atoms with Gasteiger partial charge in [-0.2, -0.15) is 0 Å². The summed E-state index contributed by atoms with van der Waals surface area (Å²) in [4.78, 5) is 22.1. The molecular weight excluding hydrogens is 298 g/mol. The van der Waals surface area contributed by atoms with E-state index in [9.17, 15) is 14.9 Å². The van der Waals surface area contributed by atoms with Crippen molar-refractivity contribution in [2.75, 3.05) is 13.2 Å². The van der Waals surface area contributed by atoms with Gasteiger partial charge in [-0.25, -0.2) is 0 Å². The zero-order chi connectivity index (χ0) is 14.5. The minimum atomic E-state index is -0.451. The van der Waals surface area contributed by atoms with Gasteiger partial charge in [0.25, 0.3) is 5.69 Å². The van der Waals surface area contributed by atoms with Crippen molar-refractivity contribution >= 4 is 24.0 Å². The molecule has 1 aliphatic rings. The third-order valence-corrected chi connectivity index (χ3v) is 3.21. The van der Waals surface area contributed by atoms with Crippen LogP contribution in [0, 0.1) is 10.1 Å². The molecule has 1 aliphatic heterocycles. The average molecular weight is 316 g/mol. The number of carbonyl (C=O) groups excluding carboxylic acids is 1. The van der Waals surface area contributed by atoms with Crippen molar-refractivity contribution in [3.63, 3.8) is 0 Å². The van der Waals surface area contributed by atoms with E-state index in [2.05, 4.69) is 10.6 Å². The number of benzene rings is 1. The minimum Gasteiger partial charge on any atom is -0.375 e. The van der Waals surface area contributed by atoms with Crippen molar-refractivity contribution in [3.05, 3.63) is 39.9 Å². The monoisotopic (exact) mass is 315 g/mol. The number of halogens is 1. The molecule has 1 amide bonds. The second-order valence-electron chi connectivity index (χ2n) is 4.65. The SMILES string of the molecule is C[C@H]1OCCN[C@@H]1C(=O)NCc1ccc([N+](=O)[O-])cc1.Cl. The first-order valence-electron chi connectivity index (χ1n) is 6.44. The molecule has 2 rings (SSSR count). The van der Waals surface area contributed by atoms with Crippen LogP contribution in [-0.4, -0.2) is 36.1 Å². The Bertz CT molecular complexity index is 495. The Balaban J connectivity index is 0.00000220. The lowest BCUT2D eigenvalue weighted by Crippen LogP contribution is -2.55. The first-order chi connectivity index (χ1) is 9.58. The Morgan fingerprint density at radius 3 is 2.71 bits per heavy atom. The van der Waals surface area contributed by atoms with E-state index in [0.717, 1.165) is 5.56 Å². The number of morpholine rings is 1. The van der Waals surface area contributed by atoms with Gasteiger partial charge in [0.1, 0.15) is 6.04 Å². The number of amides is 1. The maximum atomic E-state index is 12.0. The van der Waals surface area contributed by atoms with Crippen LogP contribution in [0.15, 0.2) is 24.3 Å². The Morgan fingerprint density at radius 2 is 2.14 bits per heavy atom. The summed E-state index contributed by atoms with van der Waals surface area (Å²) in [5, 5.41) is 16.4. The van der Waals surface area contributed by atoms with Gasteiger partial charge in [0.2, 0.25) is 5.91 Å². The molecule has 116 valence electrons. The topological polar surface area (TPSA) is 93.5 Å². The molecule has 1 aromatic carbocycles. The summed E-state index contributed by atoms with van der Waals surface area (Å²) in [6.45, 7) is 3.44. The van der Waals surface area contributed by atoms with Crippen LogP contribution in [-0.2, 0) is 16.1 Å². The van der Waals surface area contributed by atoms with Crippen LogP contribution in [0.5, 0.6) is 0 Å². The molecule has 1 aromatic rings. The van der Waals surface area contributed by atoms with Crippen molar-refractivity contribution in [2.45, 2.75) is 25.6 Å². The summed E-state index contributed by atoms with van der Waals surface area (Å²) >= 11 is 0. The maximum absolute atomic E-state index is 12.0. The molecule has 8 heteroatoms. The molecule has 0 unspecified atom stereocenters. The highest BCUT2D eigenvalue weighted by atomic mass is 35.5. The molecule has 2 N–H and O–H groups in total. The van der Waals surface area contributed by atoms with Crippen LogP contribution in [0.3, 0.4) is 0 Å². The molecule has 0 radical (unpaired) electrons. The van der Waals surface area contributed by atoms with E-state index in [1.54, 1.807) is 12.1 Å². The predicted molar refractivity (Wildman–Crippen MR) is 79.4 cm³/mol. The van der Waals surface area contributed by atoms with E-state index in [0.29, 0.717) is 19.7 Å². The van der Waals surface area contributed by atoms with Crippen LogP contribution in [0.25, 0.3) is 0 Å². The molecule has 0 bridgehead atoms. The predicted octanol–water partition coefficient (Wildman–Crippen LogP) is 1.01. The van der Waals surface area contributed by atoms with E-state index < -0.39 is 4.92 Å². The summed E-state index contributed by atoms with van der Waals surface area (Å²) in [6, 6.07) is 5.75. The number of hydrogen-bond donors (Lipinski definition) is 2. The van der Waals surface area contributed by atoms with Crippen molar-refractivity contribution in [1.29, 1.82) is 0 Å². The zero-order valence-electron chi connectivity index (χ0n) is 11.6. The van der Waals surface area contributed by atoms with Crippen molar-refractivity contribution in [2.24, 2.45) is 0 Å². The number of ether oxygens (including phenoxy) is 1. The molecule has 0 spiro atoms. The largest absolute Gasteiger partial charge is 0.375 e. The van der Waals surface area contributed by atoms with Gasteiger partial charge in [-0.3, -0.25) is 14.9 Å². The van der Waals surface area contributed by atoms with Gasteiger partial charge in [0.15, 0.2) is 0 Å². The summed E-state index contributed by atoms with van der Waals surface area (Å²) in [6.07, 6.45) is -0.166. The van der Waals surface area contributed by atoms with E-state index in [4.69, 9.17) is 4.74 Å². The lowest BCUT2D eigenvalue weighted by molar-refractivity contribution is -0.384. The maximum Gasteiger partial charge on any atom is 0.269 e. The number of nitrogens with zero attached hydrogens (tertiary/aromatic N) is 1. The van der Waals surface area contributed by atoms with Gasteiger partial charge in [-0.05, 0) is 12.5 Å². The molecule has 1 heterocycles. The lowest BCUT2D eigenvalue weighted by Gasteiger charge is -2.29. The number of carbonyl (C=O) groups is 1. The van der Waals surface area contributed by atoms with Gasteiger partial charge >= 0.3 is 0 Å². The fraction of sp³-hybridized carbons (Fsp3) is 0.462. The van der Waals surface area contributed by atoms with E-state index in [1.165, 1.54) is 12.1 Å². The van der Waals surface area contributed by atoms with Crippen molar-refractivity contribution in [3.8, 4) is 0 Å². The van der Waals surface area contributed by atoms with Crippen molar-refractivity contribution in [1.82, 2.24) is 10.6 Å². The third kappa shape index (κ3) is 4.66. The number of nitro groups is 1. The Labute approximate surface area is 128 Å². The summed E-state index contributed by atoms with van der Waals surface area (Å²) in [7, 11) is 0. The quantitative estimate of drug-likeness (QED) is 0.639. The normalized spacial score (nSPS) is 21.2. The van der Waals surface area contributed by atoms with Crippen LogP contribution >= 0.6 is 12.4 Å². The second-order valence-corrected chi connectivity index (χ2v) is 4.65. The van der Waals surface area contributed by atoms with Gasteiger partial charge in [0, 0.05) is 25.2 Å². The molecule has 0 aliphatic carbocycles. The third-order valence-electron chi connectivity index (χ3n) is 3.21. The van der Waals surface area contributed by atoms with E-state index >= 15 is 0 Å².